The Kier molecular flexibility index (Phi) is 3.49. The fourth-order valence-corrected chi connectivity index (χ4v) is 1.68. The van der Waals surface area contributed by atoms with E-state index in [0.717, 1.165) is 17.1 Å². The lowest BCUT2D eigenvalue weighted by Crippen LogP contribution is -2.29. The standard InChI is InChI=1S/C12H15NO4/c1-8(13-12(14)6-15-2)9-3-4-10-11(5-9)17-7-16-10/h3-5,8H,6-7H2,1-2H3,(H,13,14)/t8-/m1/s1. The Labute approximate surface area is 99.7 Å². The summed E-state index contributed by atoms with van der Waals surface area (Å²) in [6, 6.07) is 5.54. The van der Waals surface area contributed by atoms with Crippen molar-refractivity contribution in [3.05, 3.63) is 23.8 Å². The summed E-state index contributed by atoms with van der Waals surface area (Å²) in [6.45, 7) is 2.23. The lowest BCUT2D eigenvalue weighted by atomic mass is 10.1. The van der Waals surface area contributed by atoms with Gasteiger partial charge in [-0.05, 0) is 24.6 Å². The molecule has 0 aromatic heterocycles. The zero-order valence-electron chi connectivity index (χ0n) is 9.86. The third-order valence-corrected chi connectivity index (χ3v) is 2.55. The molecule has 0 aliphatic carbocycles. The molecule has 0 fully saturated rings. The average molecular weight is 237 g/mol. The molecule has 0 saturated heterocycles. The van der Waals surface area contributed by atoms with Crippen LogP contribution in [-0.4, -0.2) is 26.4 Å². The summed E-state index contributed by atoms with van der Waals surface area (Å²) in [5.41, 5.74) is 0.971. The molecule has 1 aliphatic heterocycles. The summed E-state index contributed by atoms with van der Waals surface area (Å²) < 4.78 is 15.3. The number of methoxy groups -OCH3 is 1. The number of rotatable bonds is 4. The van der Waals surface area contributed by atoms with Gasteiger partial charge in [-0.25, -0.2) is 0 Å². The minimum Gasteiger partial charge on any atom is -0.454 e. The van der Waals surface area contributed by atoms with Crippen molar-refractivity contribution in [1.82, 2.24) is 5.32 Å². The van der Waals surface area contributed by atoms with Crippen LogP contribution >= 0.6 is 0 Å². The number of hydrogen-bond acceptors (Lipinski definition) is 4. The van der Waals surface area contributed by atoms with E-state index in [4.69, 9.17) is 14.2 Å². The largest absolute Gasteiger partial charge is 0.454 e. The molecule has 92 valence electrons. The summed E-state index contributed by atoms with van der Waals surface area (Å²) in [5.74, 6) is 1.32. The quantitative estimate of drug-likeness (QED) is 0.856. The second-order valence-corrected chi connectivity index (χ2v) is 3.83. The molecule has 0 unspecified atom stereocenters. The Hall–Kier alpha value is -1.75. The molecule has 1 aromatic carbocycles. The molecule has 1 amide bonds. The molecule has 0 saturated carbocycles. The van der Waals surface area contributed by atoms with Crippen molar-refractivity contribution in [3.8, 4) is 11.5 Å². The Morgan fingerprint density at radius 2 is 2.24 bits per heavy atom. The Morgan fingerprint density at radius 3 is 3.00 bits per heavy atom. The molecule has 1 N–H and O–H groups in total. The van der Waals surface area contributed by atoms with E-state index < -0.39 is 0 Å². The first kappa shape index (κ1) is 11.7. The van der Waals surface area contributed by atoms with Crippen molar-refractivity contribution in [2.24, 2.45) is 0 Å². The Bertz CT molecular complexity index is 419. The molecule has 1 aromatic rings. The lowest BCUT2D eigenvalue weighted by molar-refractivity contribution is -0.125. The number of nitrogens with one attached hydrogen (secondary N) is 1. The third-order valence-electron chi connectivity index (χ3n) is 2.55. The van der Waals surface area contributed by atoms with E-state index in [1.807, 2.05) is 25.1 Å². The summed E-state index contributed by atoms with van der Waals surface area (Å²) in [4.78, 5) is 11.4. The van der Waals surface area contributed by atoms with Gasteiger partial charge in [0.1, 0.15) is 6.61 Å². The van der Waals surface area contributed by atoms with Crippen LogP contribution in [0.4, 0.5) is 0 Å². The van der Waals surface area contributed by atoms with Crippen LogP contribution in [0.15, 0.2) is 18.2 Å². The zero-order chi connectivity index (χ0) is 12.3. The second-order valence-electron chi connectivity index (χ2n) is 3.83. The van der Waals surface area contributed by atoms with Gasteiger partial charge in [0.2, 0.25) is 12.7 Å². The van der Waals surface area contributed by atoms with Crippen LogP contribution in [0.1, 0.15) is 18.5 Å². The molecule has 0 bridgehead atoms. The van der Waals surface area contributed by atoms with E-state index in [1.54, 1.807) is 0 Å². The highest BCUT2D eigenvalue weighted by Gasteiger charge is 2.16. The number of benzene rings is 1. The monoisotopic (exact) mass is 237 g/mol. The Morgan fingerprint density at radius 1 is 1.47 bits per heavy atom. The summed E-state index contributed by atoms with van der Waals surface area (Å²) >= 11 is 0. The van der Waals surface area contributed by atoms with Gasteiger partial charge in [-0.3, -0.25) is 4.79 Å². The molecule has 1 atom stereocenters. The first-order valence-electron chi connectivity index (χ1n) is 5.38. The van der Waals surface area contributed by atoms with Gasteiger partial charge in [-0.2, -0.15) is 0 Å². The molecule has 5 nitrogen and oxygen atoms in total. The van der Waals surface area contributed by atoms with Crippen LogP contribution in [-0.2, 0) is 9.53 Å². The maximum absolute atomic E-state index is 11.4. The van der Waals surface area contributed by atoms with E-state index in [2.05, 4.69) is 5.32 Å². The number of amides is 1. The van der Waals surface area contributed by atoms with Gasteiger partial charge < -0.3 is 19.5 Å². The van der Waals surface area contributed by atoms with Crippen molar-refractivity contribution >= 4 is 5.91 Å². The second kappa shape index (κ2) is 5.05. The topological polar surface area (TPSA) is 56.8 Å². The smallest absolute Gasteiger partial charge is 0.246 e. The zero-order valence-corrected chi connectivity index (χ0v) is 9.86. The van der Waals surface area contributed by atoms with Gasteiger partial charge in [0.25, 0.3) is 0 Å². The summed E-state index contributed by atoms with van der Waals surface area (Å²) in [7, 11) is 1.49. The molecule has 1 aliphatic rings. The van der Waals surface area contributed by atoms with Crippen molar-refractivity contribution in [2.75, 3.05) is 20.5 Å². The summed E-state index contributed by atoms with van der Waals surface area (Å²) in [5, 5.41) is 2.83. The van der Waals surface area contributed by atoms with Gasteiger partial charge in [0, 0.05) is 7.11 Å². The lowest BCUT2D eigenvalue weighted by Gasteiger charge is -2.14. The normalized spacial score (nSPS) is 14.5. The highest BCUT2D eigenvalue weighted by molar-refractivity contribution is 5.77. The van der Waals surface area contributed by atoms with E-state index in [1.165, 1.54) is 7.11 Å². The van der Waals surface area contributed by atoms with Gasteiger partial charge in [-0.1, -0.05) is 6.07 Å². The number of hydrogen-bond donors (Lipinski definition) is 1. The molecule has 0 spiro atoms. The minimum absolute atomic E-state index is 0.0644. The highest BCUT2D eigenvalue weighted by atomic mass is 16.7. The fourth-order valence-electron chi connectivity index (χ4n) is 1.68. The predicted octanol–water partition coefficient (Wildman–Crippen LogP) is 1.24. The van der Waals surface area contributed by atoms with Crippen LogP contribution in [0.25, 0.3) is 0 Å². The van der Waals surface area contributed by atoms with Crippen LogP contribution in [0.5, 0.6) is 11.5 Å². The Balaban J connectivity index is 2.04. The van der Waals surface area contributed by atoms with Crippen molar-refractivity contribution in [1.29, 1.82) is 0 Å². The van der Waals surface area contributed by atoms with E-state index in [0.29, 0.717) is 0 Å². The molecule has 0 radical (unpaired) electrons. The molecule has 5 heteroatoms. The van der Waals surface area contributed by atoms with Crippen molar-refractivity contribution in [3.63, 3.8) is 0 Å². The minimum atomic E-state index is -0.141. The molecule has 2 rings (SSSR count). The van der Waals surface area contributed by atoms with Crippen LogP contribution in [0, 0.1) is 0 Å². The number of carbonyl (C=O) groups excluding carboxylic acids is 1. The van der Waals surface area contributed by atoms with Gasteiger partial charge in [-0.15, -0.1) is 0 Å². The van der Waals surface area contributed by atoms with Gasteiger partial charge >= 0.3 is 0 Å². The first-order chi connectivity index (χ1) is 8.20. The molecular formula is C12H15NO4. The third kappa shape index (κ3) is 2.68. The van der Waals surface area contributed by atoms with Crippen LogP contribution < -0.4 is 14.8 Å². The number of fused-ring (bicyclic) bond motifs is 1. The predicted molar refractivity (Wildman–Crippen MR) is 61.0 cm³/mol. The van der Waals surface area contributed by atoms with Gasteiger partial charge in [0.05, 0.1) is 6.04 Å². The van der Waals surface area contributed by atoms with Crippen LogP contribution in [0.2, 0.25) is 0 Å². The molecule has 17 heavy (non-hydrogen) atoms. The maximum atomic E-state index is 11.4. The molecule has 1 heterocycles. The average Bonchev–Trinajstić information content (AvgIpc) is 2.75. The van der Waals surface area contributed by atoms with Crippen molar-refractivity contribution in [2.45, 2.75) is 13.0 Å². The highest BCUT2D eigenvalue weighted by Crippen LogP contribution is 2.34. The first-order valence-corrected chi connectivity index (χ1v) is 5.38. The fraction of sp³-hybridized carbons (Fsp3) is 0.417. The molecular weight excluding hydrogens is 222 g/mol. The summed E-state index contributed by atoms with van der Waals surface area (Å²) in [6.07, 6.45) is 0. The van der Waals surface area contributed by atoms with Crippen LogP contribution in [0.3, 0.4) is 0 Å². The van der Waals surface area contributed by atoms with E-state index >= 15 is 0 Å². The van der Waals surface area contributed by atoms with Gasteiger partial charge in [0.15, 0.2) is 11.5 Å². The number of carbonyl (C=O) groups is 1. The van der Waals surface area contributed by atoms with E-state index in [9.17, 15) is 4.79 Å². The SMILES string of the molecule is COCC(=O)N[C@H](C)c1ccc2c(c1)OCO2. The van der Waals surface area contributed by atoms with Crippen molar-refractivity contribution < 1.29 is 19.0 Å². The maximum Gasteiger partial charge on any atom is 0.246 e. The van der Waals surface area contributed by atoms with E-state index in [-0.39, 0.29) is 25.3 Å². The number of ether oxygens (including phenoxy) is 3.